The van der Waals surface area contributed by atoms with E-state index in [-0.39, 0.29) is 11.8 Å². The van der Waals surface area contributed by atoms with E-state index in [4.69, 9.17) is 14.6 Å². The van der Waals surface area contributed by atoms with E-state index in [0.29, 0.717) is 37.3 Å². The largest absolute Gasteiger partial charge is 0.493 e. The second-order valence-electron chi connectivity index (χ2n) is 8.83. The molecule has 0 aromatic heterocycles. The van der Waals surface area contributed by atoms with Gasteiger partial charge in [0, 0.05) is 47.2 Å². The molecule has 180 valence electrons. The Bertz CT molecular complexity index is 1090. The zero-order chi connectivity index (χ0) is 23.5. The van der Waals surface area contributed by atoms with E-state index in [1.165, 1.54) is 11.1 Å². The van der Waals surface area contributed by atoms with Crippen LogP contribution in [0.15, 0.2) is 47.6 Å². The minimum atomic E-state index is -0.702. The minimum absolute atomic E-state index is 0.264. The lowest BCUT2D eigenvalue weighted by Gasteiger charge is -2.40. The van der Waals surface area contributed by atoms with Gasteiger partial charge in [-0.25, -0.2) is 14.2 Å². The summed E-state index contributed by atoms with van der Waals surface area (Å²) in [4.78, 5) is 15.8. The highest BCUT2D eigenvalue weighted by Gasteiger charge is 2.50. The molecule has 5 rings (SSSR count). The molecule has 1 N–H and O–H groups in total. The number of hydrogen-bond acceptors (Lipinski definition) is 5. The summed E-state index contributed by atoms with van der Waals surface area (Å²) in [5.74, 6) is 0.417. The molecule has 0 radical (unpaired) electrons. The van der Waals surface area contributed by atoms with Gasteiger partial charge >= 0.3 is 6.03 Å². The minimum Gasteiger partial charge on any atom is -0.493 e. The highest BCUT2D eigenvalue weighted by Crippen LogP contribution is 2.48. The number of halogens is 2. The lowest BCUT2D eigenvalue weighted by Crippen LogP contribution is -2.50. The van der Waals surface area contributed by atoms with E-state index < -0.39 is 5.54 Å². The van der Waals surface area contributed by atoms with E-state index in [9.17, 15) is 9.18 Å². The smallest absolute Gasteiger partial charge is 0.338 e. The van der Waals surface area contributed by atoms with Gasteiger partial charge in [-0.05, 0) is 59.8 Å². The van der Waals surface area contributed by atoms with Crippen LogP contribution in [-0.4, -0.2) is 67.7 Å². The van der Waals surface area contributed by atoms with Crippen LogP contribution in [-0.2, 0) is 10.3 Å². The fraction of sp³-hybridized carbons (Fsp3) is 0.440. The first kappa shape index (κ1) is 23.5. The zero-order valence-electron chi connectivity index (χ0n) is 18.9. The highest BCUT2D eigenvalue weighted by molar-refractivity contribution is 14.1. The fourth-order valence-corrected chi connectivity index (χ4v) is 5.45. The van der Waals surface area contributed by atoms with Gasteiger partial charge < -0.3 is 14.8 Å². The Kier molecular flexibility index (Phi) is 7.03. The second kappa shape index (κ2) is 10.2. The summed E-state index contributed by atoms with van der Waals surface area (Å²) < 4.78 is 27.0. The third-order valence-electron chi connectivity index (χ3n) is 6.71. The van der Waals surface area contributed by atoms with Crippen molar-refractivity contribution in [1.29, 1.82) is 0 Å². The van der Waals surface area contributed by atoms with Crippen LogP contribution in [0.3, 0.4) is 0 Å². The first-order valence-electron chi connectivity index (χ1n) is 11.7. The molecule has 0 aliphatic carbocycles. The van der Waals surface area contributed by atoms with E-state index in [1.807, 2.05) is 24.3 Å². The Morgan fingerprint density at radius 1 is 1.18 bits per heavy atom. The van der Waals surface area contributed by atoms with Gasteiger partial charge in [-0.2, -0.15) is 5.10 Å². The molecular formula is C25H28FIN4O3. The molecule has 2 amide bonds. The SMILES string of the molecule is O=C(NCCCN1CCOCC1)N1N=C(c2cc(I)ccc2F)CC12CCOc1ccccc12. The van der Waals surface area contributed by atoms with Gasteiger partial charge in [-0.1, -0.05) is 18.2 Å². The molecule has 3 aliphatic heterocycles. The predicted octanol–water partition coefficient (Wildman–Crippen LogP) is 3.95. The number of nitrogens with one attached hydrogen (secondary N) is 1. The molecule has 1 spiro atoms. The number of hydrazone groups is 1. The van der Waals surface area contributed by atoms with Gasteiger partial charge in [0.15, 0.2) is 0 Å². The van der Waals surface area contributed by atoms with Crippen LogP contribution in [0.4, 0.5) is 9.18 Å². The first-order chi connectivity index (χ1) is 16.6. The van der Waals surface area contributed by atoms with Gasteiger partial charge in [0.1, 0.15) is 17.1 Å². The summed E-state index contributed by atoms with van der Waals surface area (Å²) in [5, 5.41) is 9.31. The lowest BCUT2D eigenvalue weighted by atomic mass is 9.79. The number of fused-ring (bicyclic) bond motifs is 2. The number of carbonyl (C=O) groups excluding carboxylic acids is 1. The van der Waals surface area contributed by atoms with Crippen LogP contribution in [0.2, 0.25) is 0 Å². The number of ether oxygens (including phenoxy) is 2. The molecule has 3 heterocycles. The molecule has 3 aliphatic rings. The van der Waals surface area contributed by atoms with E-state index in [2.05, 4.69) is 32.8 Å². The molecule has 7 nitrogen and oxygen atoms in total. The molecular weight excluding hydrogens is 550 g/mol. The molecule has 0 saturated carbocycles. The Balaban J connectivity index is 1.39. The Morgan fingerprint density at radius 3 is 2.85 bits per heavy atom. The first-order valence-corrected chi connectivity index (χ1v) is 12.8. The van der Waals surface area contributed by atoms with E-state index in [1.54, 1.807) is 12.1 Å². The van der Waals surface area contributed by atoms with Gasteiger partial charge in [0.25, 0.3) is 0 Å². The topological polar surface area (TPSA) is 66.4 Å². The maximum Gasteiger partial charge on any atom is 0.338 e. The third kappa shape index (κ3) is 4.65. The maximum atomic E-state index is 14.8. The van der Waals surface area contributed by atoms with E-state index in [0.717, 1.165) is 54.2 Å². The van der Waals surface area contributed by atoms with Gasteiger partial charge in [0.05, 0.1) is 25.5 Å². The van der Waals surface area contributed by atoms with Gasteiger partial charge in [-0.15, -0.1) is 0 Å². The fourth-order valence-electron chi connectivity index (χ4n) is 4.95. The highest BCUT2D eigenvalue weighted by atomic mass is 127. The monoisotopic (exact) mass is 578 g/mol. The summed E-state index contributed by atoms with van der Waals surface area (Å²) in [6, 6.07) is 12.5. The van der Waals surface area contributed by atoms with Crippen molar-refractivity contribution in [3.8, 4) is 5.75 Å². The molecule has 1 fully saturated rings. The third-order valence-corrected chi connectivity index (χ3v) is 7.38. The van der Waals surface area contributed by atoms with Crippen molar-refractivity contribution in [2.45, 2.75) is 24.8 Å². The number of amides is 2. The van der Waals surface area contributed by atoms with E-state index >= 15 is 0 Å². The van der Waals surface area contributed by atoms with Crippen LogP contribution in [0.25, 0.3) is 0 Å². The normalized spacial score (nSPS) is 22.3. The van der Waals surface area contributed by atoms with Gasteiger partial charge in [-0.3, -0.25) is 4.90 Å². The van der Waals surface area contributed by atoms with Crippen LogP contribution >= 0.6 is 22.6 Å². The number of morpholine rings is 1. The van der Waals surface area contributed by atoms with Crippen LogP contribution in [0.1, 0.15) is 30.4 Å². The Hall–Kier alpha value is -2.24. The quantitative estimate of drug-likeness (QED) is 0.432. The molecule has 2 aromatic rings. The van der Waals surface area contributed by atoms with Crippen molar-refractivity contribution in [3.63, 3.8) is 0 Å². The van der Waals surface area contributed by atoms with Crippen molar-refractivity contribution in [3.05, 3.63) is 63.0 Å². The van der Waals surface area contributed by atoms with Crippen molar-refractivity contribution >= 4 is 34.3 Å². The number of urea groups is 1. The standard InChI is InChI=1S/C25H28FIN4O3/c26-21-7-6-18(27)16-19(21)22-17-25(8-13-34-23-5-2-1-4-20(23)25)31(29-22)24(32)28-9-3-10-30-11-14-33-15-12-30/h1-2,4-7,16H,3,8-15,17H2,(H,28,32). The number of para-hydroxylation sites is 1. The van der Waals surface area contributed by atoms with Crippen LogP contribution < -0.4 is 10.1 Å². The number of carbonyl (C=O) groups is 1. The average molecular weight is 578 g/mol. The maximum absolute atomic E-state index is 14.8. The summed E-state index contributed by atoms with van der Waals surface area (Å²) in [6.07, 6.45) is 1.86. The van der Waals surface area contributed by atoms with Crippen molar-refractivity contribution < 1.29 is 18.7 Å². The predicted molar refractivity (Wildman–Crippen MR) is 136 cm³/mol. The second-order valence-corrected chi connectivity index (χ2v) is 10.1. The summed E-state index contributed by atoms with van der Waals surface area (Å²) in [6.45, 7) is 5.30. The summed E-state index contributed by atoms with van der Waals surface area (Å²) >= 11 is 2.17. The molecule has 9 heteroatoms. The average Bonchev–Trinajstić information content (AvgIpc) is 3.24. The molecule has 0 bridgehead atoms. The lowest BCUT2D eigenvalue weighted by molar-refractivity contribution is 0.0373. The number of benzene rings is 2. The molecule has 34 heavy (non-hydrogen) atoms. The molecule has 2 aromatic carbocycles. The summed E-state index contributed by atoms with van der Waals surface area (Å²) in [7, 11) is 0. The number of hydrogen-bond donors (Lipinski definition) is 1. The van der Waals surface area contributed by atoms with Crippen LogP contribution in [0.5, 0.6) is 5.75 Å². The molecule has 1 unspecified atom stereocenters. The summed E-state index contributed by atoms with van der Waals surface area (Å²) in [5.41, 5.74) is 1.23. The zero-order valence-corrected chi connectivity index (χ0v) is 21.1. The van der Waals surface area contributed by atoms with Crippen molar-refractivity contribution in [2.24, 2.45) is 5.10 Å². The van der Waals surface area contributed by atoms with Crippen molar-refractivity contribution in [1.82, 2.24) is 15.2 Å². The van der Waals surface area contributed by atoms with Gasteiger partial charge in [0.2, 0.25) is 0 Å². The number of rotatable bonds is 5. The Labute approximate surface area is 212 Å². The Morgan fingerprint density at radius 2 is 2.00 bits per heavy atom. The molecule has 1 saturated heterocycles. The van der Waals surface area contributed by atoms with Crippen molar-refractivity contribution in [2.75, 3.05) is 46.0 Å². The van der Waals surface area contributed by atoms with Crippen LogP contribution in [0, 0.1) is 9.39 Å². The molecule has 1 atom stereocenters. The number of nitrogens with zero attached hydrogens (tertiary/aromatic N) is 3.